The SMILES string of the molecule is CCC1CC(C)C1C(C)C(C)C1C(C)C1CC(C)C1C(C)C1CC. The minimum atomic E-state index is 0.940. The quantitative estimate of drug-likeness (QED) is 0.443. The van der Waals surface area contributed by atoms with Gasteiger partial charge in [0.1, 0.15) is 0 Å². The molecular formula is C24H44. The van der Waals surface area contributed by atoms with Crippen molar-refractivity contribution in [3.05, 3.63) is 0 Å². The monoisotopic (exact) mass is 332 g/mol. The van der Waals surface area contributed by atoms with E-state index in [0.717, 1.165) is 71.0 Å². The fourth-order valence-electron chi connectivity index (χ4n) is 7.72. The zero-order chi connectivity index (χ0) is 17.8. The lowest BCUT2D eigenvalue weighted by Gasteiger charge is -2.48. The van der Waals surface area contributed by atoms with Crippen molar-refractivity contribution in [3.8, 4) is 0 Å². The van der Waals surface area contributed by atoms with Crippen LogP contribution in [0.3, 0.4) is 0 Å². The molecular weight excluding hydrogens is 288 g/mol. The normalized spacial score (nSPS) is 50.8. The minimum Gasteiger partial charge on any atom is -0.0651 e. The molecule has 140 valence electrons. The highest BCUT2D eigenvalue weighted by Crippen LogP contribution is 2.61. The standard InChI is InChI=1S/C24H44/c1-9-19-11-13(3)22(19)15(5)16(6)24-18(8)21(24)12-14(4)23-17(7)20(23)10-2/h13-24H,9-12H2,1-8H3. The third-order valence-electron chi connectivity index (χ3n) is 9.49. The maximum atomic E-state index is 2.60. The molecule has 0 aromatic heterocycles. The Morgan fingerprint density at radius 1 is 0.750 bits per heavy atom. The van der Waals surface area contributed by atoms with Crippen molar-refractivity contribution >= 4 is 0 Å². The lowest BCUT2D eigenvalue weighted by molar-refractivity contribution is 0.00619. The van der Waals surface area contributed by atoms with Gasteiger partial charge in [-0.15, -0.1) is 0 Å². The summed E-state index contributed by atoms with van der Waals surface area (Å²) in [6.45, 7) is 20.1. The second-order valence-electron chi connectivity index (χ2n) is 10.5. The second kappa shape index (κ2) is 6.96. The summed E-state index contributed by atoms with van der Waals surface area (Å²) >= 11 is 0. The summed E-state index contributed by atoms with van der Waals surface area (Å²) in [5, 5.41) is 0. The average Bonchev–Trinajstić information content (AvgIpc) is 3.39. The van der Waals surface area contributed by atoms with Crippen LogP contribution < -0.4 is 0 Å². The molecule has 0 heteroatoms. The van der Waals surface area contributed by atoms with E-state index in [4.69, 9.17) is 0 Å². The molecule has 0 radical (unpaired) electrons. The van der Waals surface area contributed by atoms with Crippen molar-refractivity contribution in [2.45, 2.75) is 81.1 Å². The lowest BCUT2D eigenvalue weighted by atomic mass is 9.57. The van der Waals surface area contributed by atoms with Crippen molar-refractivity contribution in [1.82, 2.24) is 0 Å². The predicted molar refractivity (Wildman–Crippen MR) is 106 cm³/mol. The first-order valence-electron chi connectivity index (χ1n) is 11.3. The van der Waals surface area contributed by atoms with Gasteiger partial charge in [0.15, 0.2) is 0 Å². The zero-order valence-corrected chi connectivity index (χ0v) is 17.8. The Balaban J connectivity index is 1.52. The lowest BCUT2D eigenvalue weighted by Crippen LogP contribution is -2.41. The maximum absolute atomic E-state index is 2.60. The Morgan fingerprint density at radius 2 is 1.33 bits per heavy atom. The van der Waals surface area contributed by atoms with Gasteiger partial charge in [-0.05, 0) is 83.9 Å². The Labute approximate surface area is 152 Å². The van der Waals surface area contributed by atoms with Crippen LogP contribution in [-0.4, -0.2) is 0 Å². The van der Waals surface area contributed by atoms with Gasteiger partial charge in [-0.3, -0.25) is 0 Å². The van der Waals surface area contributed by atoms with Gasteiger partial charge in [0.05, 0.1) is 0 Å². The molecule has 12 atom stereocenters. The van der Waals surface area contributed by atoms with Gasteiger partial charge in [0.2, 0.25) is 0 Å². The summed E-state index contributed by atoms with van der Waals surface area (Å²) in [4.78, 5) is 0. The Kier molecular flexibility index (Phi) is 5.44. The number of hydrogen-bond acceptors (Lipinski definition) is 0. The maximum Gasteiger partial charge on any atom is -0.0326 e. The number of hydrogen-bond donors (Lipinski definition) is 0. The van der Waals surface area contributed by atoms with Crippen molar-refractivity contribution in [2.24, 2.45) is 71.0 Å². The zero-order valence-electron chi connectivity index (χ0n) is 17.8. The van der Waals surface area contributed by atoms with Gasteiger partial charge in [0, 0.05) is 0 Å². The van der Waals surface area contributed by atoms with Crippen LogP contribution in [0, 0.1) is 71.0 Å². The van der Waals surface area contributed by atoms with Gasteiger partial charge >= 0.3 is 0 Å². The van der Waals surface area contributed by atoms with Crippen LogP contribution in [0.15, 0.2) is 0 Å². The Hall–Kier alpha value is 0. The fraction of sp³-hybridized carbons (Fsp3) is 1.00. The van der Waals surface area contributed by atoms with E-state index in [9.17, 15) is 0 Å². The third kappa shape index (κ3) is 3.09. The fourth-order valence-corrected chi connectivity index (χ4v) is 7.72. The first-order chi connectivity index (χ1) is 11.3. The Bertz CT molecular complexity index is 426. The summed E-state index contributed by atoms with van der Waals surface area (Å²) in [6.07, 6.45) is 5.83. The molecule has 3 aliphatic rings. The largest absolute Gasteiger partial charge is 0.0651 e. The van der Waals surface area contributed by atoms with E-state index in [-0.39, 0.29) is 0 Å². The molecule has 0 bridgehead atoms. The van der Waals surface area contributed by atoms with Gasteiger partial charge in [0.25, 0.3) is 0 Å². The summed E-state index contributed by atoms with van der Waals surface area (Å²) in [5.74, 6) is 12.0. The van der Waals surface area contributed by atoms with E-state index >= 15 is 0 Å². The van der Waals surface area contributed by atoms with Crippen molar-refractivity contribution in [2.75, 3.05) is 0 Å². The molecule has 12 unspecified atom stereocenters. The van der Waals surface area contributed by atoms with Crippen LogP contribution in [0.2, 0.25) is 0 Å². The summed E-state index contributed by atoms with van der Waals surface area (Å²) < 4.78 is 0. The molecule has 3 saturated carbocycles. The van der Waals surface area contributed by atoms with E-state index in [1.54, 1.807) is 0 Å². The molecule has 0 amide bonds. The molecule has 0 heterocycles. The molecule has 0 aliphatic heterocycles. The van der Waals surface area contributed by atoms with Crippen LogP contribution >= 0.6 is 0 Å². The highest BCUT2D eigenvalue weighted by Gasteiger charge is 2.55. The number of rotatable bonds is 8. The molecule has 3 fully saturated rings. The molecule has 0 saturated heterocycles. The Morgan fingerprint density at radius 3 is 1.83 bits per heavy atom. The molecule has 0 nitrogen and oxygen atoms in total. The van der Waals surface area contributed by atoms with E-state index in [1.807, 2.05) is 0 Å². The van der Waals surface area contributed by atoms with E-state index in [1.165, 1.54) is 25.7 Å². The first kappa shape index (κ1) is 18.8. The topological polar surface area (TPSA) is 0 Å². The summed E-state index contributed by atoms with van der Waals surface area (Å²) in [6, 6.07) is 0. The van der Waals surface area contributed by atoms with Crippen LogP contribution in [0.5, 0.6) is 0 Å². The van der Waals surface area contributed by atoms with Crippen molar-refractivity contribution in [3.63, 3.8) is 0 Å². The molecule has 24 heavy (non-hydrogen) atoms. The van der Waals surface area contributed by atoms with E-state index in [2.05, 4.69) is 55.4 Å². The molecule has 0 spiro atoms. The summed E-state index contributed by atoms with van der Waals surface area (Å²) in [5.41, 5.74) is 0. The molecule has 3 aliphatic carbocycles. The summed E-state index contributed by atoms with van der Waals surface area (Å²) in [7, 11) is 0. The van der Waals surface area contributed by atoms with Crippen LogP contribution in [0.25, 0.3) is 0 Å². The van der Waals surface area contributed by atoms with Gasteiger partial charge in [-0.1, -0.05) is 68.2 Å². The molecule has 0 N–H and O–H groups in total. The molecule has 0 aromatic rings. The third-order valence-corrected chi connectivity index (χ3v) is 9.49. The second-order valence-corrected chi connectivity index (χ2v) is 10.5. The van der Waals surface area contributed by atoms with Gasteiger partial charge < -0.3 is 0 Å². The minimum absolute atomic E-state index is 0.940. The molecule has 3 rings (SSSR count). The average molecular weight is 333 g/mol. The van der Waals surface area contributed by atoms with E-state index < -0.39 is 0 Å². The van der Waals surface area contributed by atoms with Gasteiger partial charge in [-0.25, -0.2) is 0 Å². The molecule has 0 aromatic carbocycles. The smallest absolute Gasteiger partial charge is 0.0326 e. The predicted octanol–water partition coefficient (Wildman–Crippen LogP) is 7.14. The highest BCUT2D eigenvalue weighted by atomic mass is 14.6. The van der Waals surface area contributed by atoms with Crippen LogP contribution in [0.4, 0.5) is 0 Å². The van der Waals surface area contributed by atoms with Crippen molar-refractivity contribution < 1.29 is 0 Å². The van der Waals surface area contributed by atoms with Crippen molar-refractivity contribution in [1.29, 1.82) is 0 Å². The van der Waals surface area contributed by atoms with E-state index in [0.29, 0.717) is 0 Å². The van der Waals surface area contributed by atoms with Crippen LogP contribution in [-0.2, 0) is 0 Å². The van der Waals surface area contributed by atoms with Gasteiger partial charge in [-0.2, -0.15) is 0 Å². The van der Waals surface area contributed by atoms with Crippen LogP contribution in [0.1, 0.15) is 81.1 Å². The first-order valence-corrected chi connectivity index (χ1v) is 11.3. The highest BCUT2D eigenvalue weighted by molar-refractivity contribution is 5.04.